The standard InChI is InChI=1S/C7H10BrNO2/c1-4(2)9-6(10)3-5(8)7(9)11/h3-4,6,10H,1-2H3. The first kappa shape index (κ1) is 8.74. The molecule has 11 heavy (non-hydrogen) atoms. The Hall–Kier alpha value is -0.350. The summed E-state index contributed by atoms with van der Waals surface area (Å²) >= 11 is 3.06. The Labute approximate surface area is 73.8 Å². The van der Waals surface area contributed by atoms with Gasteiger partial charge in [-0.2, -0.15) is 0 Å². The minimum absolute atomic E-state index is 0.0313. The Kier molecular flexibility index (Phi) is 2.34. The van der Waals surface area contributed by atoms with Gasteiger partial charge >= 0.3 is 0 Å². The second-order valence-electron chi connectivity index (χ2n) is 2.73. The third-order valence-electron chi connectivity index (χ3n) is 1.58. The summed E-state index contributed by atoms with van der Waals surface area (Å²) in [6.45, 7) is 3.72. The number of hydrogen-bond donors (Lipinski definition) is 1. The van der Waals surface area contributed by atoms with Gasteiger partial charge < -0.3 is 10.0 Å². The van der Waals surface area contributed by atoms with Gasteiger partial charge in [-0.15, -0.1) is 0 Å². The number of hydrogen-bond acceptors (Lipinski definition) is 2. The first-order valence-corrected chi connectivity index (χ1v) is 4.21. The topological polar surface area (TPSA) is 40.5 Å². The lowest BCUT2D eigenvalue weighted by Crippen LogP contribution is -2.39. The van der Waals surface area contributed by atoms with E-state index in [9.17, 15) is 9.90 Å². The zero-order valence-corrected chi connectivity index (χ0v) is 8.00. The van der Waals surface area contributed by atoms with Crippen molar-refractivity contribution in [3.05, 3.63) is 10.6 Å². The van der Waals surface area contributed by atoms with Crippen LogP contribution in [0.4, 0.5) is 0 Å². The van der Waals surface area contributed by atoms with Crippen molar-refractivity contribution in [2.45, 2.75) is 26.1 Å². The van der Waals surface area contributed by atoms with Crippen LogP contribution in [0.3, 0.4) is 0 Å². The minimum Gasteiger partial charge on any atom is -0.370 e. The molecular weight excluding hydrogens is 210 g/mol. The Bertz CT molecular complexity index is 212. The molecular formula is C7H10BrNO2. The molecule has 0 saturated carbocycles. The normalized spacial score (nSPS) is 24.8. The van der Waals surface area contributed by atoms with Crippen molar-refractivity contribution in [1.82, 2.24) is 4.90 Å². The van der Waals surface area contributed by atoms with Gasteiger partial charge in [0.15, 0.2) is 0 Å². The molecule has 0 bridgehead atoms. The predicted molar refractivity (Wildman–Crippen MR) is 45.0 cm³/mol. The highest BCUT2D eigenvalue weighted by atomic mass is 79.9. The predicted octanol–water partition coefficient (Wildman–Crippen LogP) is 0.834. The van der Waals surface area contributed by atoms with E-state index in [4.69, 9.17) is 0 Å². The number of carbonyl (C=O) groups is 1. The zero-order chi connectivity index (χ0) is 8.59. The third-order valence-corrected chi connectivity index (χ3v) is 2.18. The molecule has 0 aromatic heterocycles. The first-order valence-electron chi connectivity index (χ1n) is 3.42. The molecule has 0 aliphatic carbocycles. The molecule has 0 spiro atoms. The van der Waals surface area contributed by atoms with Crippen LogP contribution in [0.25, 0.3) is 0 Å². The van der Waals surface area contributed by atoms with E-state index in [2.05, 4.69) is 15.9 Å². The van der Waals surface area contributed by atoms with Crippen LogP contribution in [-0.4, -0.2) is 28.2 Å². The van der Waals surface area contributed by atoms with Gasteiger partial charge in [0, 0.05) is 6.04 Å². The van der Waals surface area contributed by atoms with Gasteiger partial charge in [-0.25, -0.2) is 0 Å². The van der Waals surface area contributed by atoms with Crippen molar-refractivity contribution >= 4 is 21.8 Å². The lowest BCUT2D eigenvalue weighted by Gasteiger charge is -2.24. The molecule has 0 radical (unpaired) electrons. The van der Waals surface area contributed by atoms with E-state index in [-0.39, 0.29) is 11.9 Å². The van der Waals surface area contributed by atoms with Crippen LogP contribution in [-0.2, 0) is 4.79 Å². The number of halogens is 1. The summed E-state index contributed by atoms with van der Waals surface area (Å²) in [6, 6.07) is 0.0313. The number of rotatable bonds is 1. The summed E-state index contributed by atoms with van der Waals surface area (Å²) in [5, 5.41) is 9.30. The lowest BCUT2D eigenvalue weighted by molar-refractivity contribution is -0.133. The number of carbonyl (C=O) groups excluding carboxylic acids is 1. The maximum absolute atomic E-state index is 11.2. The Morgan fingerprint density at radius 3 is 2.45 bits per heavy atom. The summed E-state index contributed by atoms with van der Waals surface area (Å²) in [4.78, 5) is 12.6. The van der Waals surface area contributed by atoms with Crippen molar-refractivity contribution in [3.63, 3.8) is 0 Å². The Balaban J connectivity index is 2.81. The molecule has 1 aliphatic rings. The number of aliphatic hydroxyl groups is 1. The lowest BCUT2D eigenvalue weighted by atomic mass is 10.3. The summed E-state index contributed by atoms with van der Waals surface area (Å²) in [6.07, 6.45) is 0.722. The van der Waals surface area contributed by atoms with Gasteiger partial charge in [-0.3, -0.25) is 4.79 Å². The van der Waals surface area contributed by atoms with Gasteiger partial charge in [-0.1, -0.05) is 0 Å². The molecule has 0 fully saturated rings. The molecule has 1 atom stereocenters. The molecule has 1 heterocycles. The Morgan fingerprint density at radius 2 is 2.27 bits per heavy atom. The average Bonchev–Trinajstić information content (AvgIpc) is 2.07. The zero-order valence-electron chi connectivity index (χ0n) is 6.41. The number of aliphatic hydroxyl groups excluding tert-OH is 1. The van der Waals surface area contributed by atoms with E-state index in [0.717, 1.165) is 0 Å². The highest BCUT2D eigenvalue weighted by Gasteiger charge is 2.31. The molecule has 0 aromatic carbocycles. The minimum atomic E-state index is -0.767. The summed E-state index contributed by atoms with van der Waals surface area (Å²) < 4.78 is 0.443. The maximum Gasteiger partial charge on any atom is 0.263 e. The molecule has 1 aliphatic heterocycles. The molecule has 0 saturated heterocycles. The summed E-state index contributed by atoms with van der Waals surface area (Å²) in [5.74, 6) is -0.146. The van der Waals surface area contributed by atoms with Crippen molar-refractivity contribution in [3.8, 4) is 0 Å². The summed E-state index contributed by atoms with van der Waals surface area (Å²) in [7, 11) is 0. The van der Waals surface area contributed by atoms with Crippen LogP contribution < -0.4 is 0 Å². The molecule has 1 N–H and O–H groups in total. The van der Waals surface area contributed by atoms with Gasteiger partial charge in [0.25, 0.3) is 5.91 Å². The average molecular weight is 220 g/mol. The van der Waals surface area contributed by atoms with E-state index >= 15 is 0 Å². The highest BCUT2D eigenvalue weighted by Crippen LogP contribution is 2.22. The van der Waals surface area contributed by atoms with Crippen LogP contribution in [0.5, 0.6) is 0 Å². The molecule has 62 valence electrons. The van der Waals surface area contributed by atoms with E-state index in [1.54, 1.807) is 0 Å². The molecule has 4 heteroatoms. The quantitative estimate of drug-likeness (QED) is 0.711. The number of nitrogens with zero attached hydrogens (tertiary/aromatic N) is 1. The second-order valence-corrected chi connectivity index (χ2v) is 3.59. The molecule has 1 unspecified atom stereocenters. The fourth-order valence-corrected chi connectivity index (χ4v) is 1.51. The highest BCUT2D eigenvalue weighted by molar-refractivity contribution is 9.12. The van der Waals surface area contributed by atoms with Crippen molar-refractivity contribution < 1.29 is 9.90 Å². The van der Waals surface area contributed by atoms with Crippen LogP contribution in [0, 0.1) is 0 Å². The Morgan fingerprint density at radius 1 is 1.73 bits per heavy atom. The van der Waals surface area contributed by atoms with Gasteiger partial charge in [0.05, 0.1) is 4.48 Å². The third kappa shape index (κ3) is 1.46. The smallest absolute Gasteiger partial charge is 0.263 e. The van der Waals surface area contributed by atoms with Crippen LogP contribution in [0.2, 0.25) is 0 Å². The van der Waals surface area contributed by atoms with Crippen LogP contribution >= 0.6 is 15.9 Å². The first-order chi connectivity index (χ1) is 5.04. The SMILES string of the molecule is CC(C)N1C(=O)C(Br)=CC1O. The van der Waals surface area contributed by atoms with Crippen LogP contribution in [0.15, 0.2) is 10.6 Å². The van der Waals surface area contributed by atoms with Gasteiger partial charge in [-0.05, 0) is 35.9 Å². The second kappa shape index (κ2) is 2.95. The van der Waals surface area contributed by atoms with Gasteiger partial charge in [0.1, 0.15) is 6.23 Å². The molecule has 1 amide bonds. The van der Waals surface area contributed by atoms with Crippen molar-refractivity contribution in [2.24, 2.45) is 0 Å². The largest absolute Gasteiger partial charge is 0.370 e. The maximum atomic E-state index is 11.2. The monoisotopic (exact) mass is 219 g/mol. The molecule has 3 nitrogen and oxygen atoms in total. The van der Waals surface area contributed by atoms with E-state index in [1.165, 1.54) is 11.0 Å². The van der Waals surface area contributed by atoms with Crippen molar-refractivity contribution in [2.75, 3.05) is 0 Å². The molecule has 0 aromatic rings. The molecule has 1 rings (SSSR count). The number of amides is 1. The fourth-order valence-electron chi connectivity index (χ4n) is 1.07. The van der Waals surface area contributed by atoms with E-state index in [0.29, 0.717) is 4.48 Å². The van der Waals surface area contributed by atoms with Crippen LogP contribution in [0.1, 0.15) is 13.8 Å². The fraction of sp³-hybridized carbons (Fsp3) is 0.571. The van der Waals surface area contributed by atoms with Crippen molar-refractivity contribution in [1.29, 1.82) is 0 Å². The van der Waals surface area contributed by atoms with E-state index in [1.807, 2.05) is 13.8 Å². The van der Waals surface area contributed by atoms with Gasteiger partial charge in [0.2, 0.25) is 0 Å². The van der Waals surface area contributed by atoms with E-state index < -0.39 is 6.23 Å². The summed E-state index contributed by atoms with van der Waals surface area (Å²) in [5.41, 5.74) is 0.